The Kier molecular flexibility index (Phi) is 5.13. The van der Waals surface area contributed by atoms with E-state index in [2.05, 4.69) is 0 Å². The molecule has 1 atom stereocenters. The molecule has 1 unspecified atom stereocenters. The first-order valence-corrected chi connectivity index (χ1v) is 6.78. The molecule has 0 aliphatic heterocycles. The van der Waals surface area contributed by atoms with E-state index in [9.17, 15) is 9.50 Å². The summed E-state index contributed by atoms with van der Waals surface area (Å²) in [5.74, 6) is 0.548. The molecule has 0 fully saturated rings. The van der Waals surface area contributed by atoms with Gasteiger partial charge in [0.1, 0.15) is 18.2 Å². The Hall–Kier alpha value is -1.87. The van der Waals surface area contributed by atoms with E-state index in [0.717, 1.165) is 24.2 Å². The minimum atomic E-state index is -0.274. The van der Waals surface area contributed by atoms with Crippen LogP contribution in [-0.4, -0.2) is 11.2 Å². The average Bonchev–Trinajstić information content (AvgIpc) is 2.45. The summed E-state index contributed by atoms with van der Waals surface area (Å²) in [6, 6.07) is 14.1. The first kappa shape index (κ1) is 14.5. The molecular weight excluding hydrogens is 255 g/mol. The summed E-state index contributed by atoms with van der Waals surface area (Å²) in [6.45, 7) is 2.22. The first-order chi connectivity index (χ1) is 9.63. The Morgan fingerprint density at radius 2 is 1.60 bits per heavy atom. The van der Waals surface area contributed by atoms with Crippen molar-refractivity contribution in [3.05, 3.63) is 65.5 Å². The predicted octanol–water partition coefficient (Wildman–Crippen LogP) is 3.72. The molecule has 3 heteroatoms. The second kappa shape index (κ2) is 7.06. The molecule has 0 spiro atoms. The largest absolute Gasteiger partial charge is 0.489 e. The van der Waals surface area contributed by atoms with E-state index in [-0.39, 0.29) is 11.9 Å². The van der Waals surface area contributed by atoms with Crippen LogP contribution in [-0.2, 0) is 13.0 Å². The lowest BCUT2D eigenvalue weighted by atomic mass is 10.1. The molecule has 0 saturated heterocycles. The standard InChI is InChI=1S/C17H19FO2/c1-13(19)2-3-14-6-10-17(11-7-14)20-12-15-4-8-16(18)9-5-15/h4-11,13,19H,2-3,12H2,1H3. The monoisotopic (exact) mass is 274 g/mol. The summed E-state index contributed by atoms with van der Waals surface area (Å²) >= 11 is 0. The molecule has 2 aromatic rings. The maximum atomic E-state index is 12.8. The van der Waals surface area contributed by atoms with E-state index in [0.29, 0.717) is 6.61 Å². The molecule has 20 heavy (non-hydrogen) atoms. The van der Waals surface area contributed by atoms with E-state index in [1.54, 1.807) is 19.1 Å². The van der Waals surface area contributed by atoms with E-state index < -0.39 is 0 Å². The summed E-state index contributed by atoms with van der Waals surface area (Å²) in [7, 11) is 0. The van der Waals surface area contributed by atoms with Crippen LogP contribution in [0.1, 0.15) is 24.5 Å². The Morgan fingerprint density at radius 3 is 2.20 bits per heavy atom. The predicted molar refractivity (Wildman–Crippen MR) is 77.2 cm³/mol. The third kappa shape index (κ3) is 4.67. The Bertz CT molecular complexity index is 518. The Morgan fingerprint density at radius 1 is 1.00 bits per heavy atom. The van der Waals surface area contributed by atoms with Crippen LogP contribution in [0.15, 0.2) is 48.5 Å². The second-order valence-electron chi connectivity index (χ2n) is 4.95. The van der Waals surface area contributed by atoms with Gasteiger partial charge in [-0.2, -0.15) is 0 Å². The van der Waals surface area contributed by atoms with Gasteiger partial charge in [0.25, 0.3) is 0 Å². The van der Waals surface area contributed by atoms with E-state index in [4.69, 9.17) is 4.74 Å². The number of aliphatic hydroxyl groups is 1. The van der Waals surface area contributed by atoms with E-state index in [1.165, 1.54) is 17.7 Å². The molecule has 2 nitrogen and oxygen atoms in total. The highest BCUT2D eigenvalue weighted by atomic mass is 19.1. The van der Waals surface area contributed by atoms with Crippen molar-refractivity contribution in [1.82, 2.24) is 0 Å². The number of ether oxygens (including phenoxy) is 1. The molecule has 0 amide bonds. The van der Waals surface area contributed by atoms with Crippen molar-refractivity contribution >= 4 is 0 Å². The molecule has 0 radical (unpaired) electrons. The quantitative estimate of drug-likeness (QED) is 0.870. The maximum Gasteiger partial charge on any atom is 0.123 e. The van der Waals surface area contributed by atoms with Gasteiger partial charge in [-0.15, -0.1) is 0 Å². The molecular formula is C17H19FO2. The zero-order valence-corrected chi connectivity index (χ0v) is 11.6. The highest BCUT2D eigenvalue weighted by Gasteiger charge is 2.00. The molecule has 106 valence electrons. The highest BCUT2D eigenvalue weighted by molar-refractivity contribution is 5.28. The number of hydrogen-bond acceptors (Lipinski definition) is 2. The third-order valence-electron chi connectivity index (χ3n) is 3.09. The lowest BCUT2D eigenvalue weighted by molar-refractivity contribution is 0.185. The minimum absolute atomic E-state index is 0.240. The molecule has 0 saturated carbocycles. The SMILES string of the molecule is CC(O)CCc1ccc(OCc2ccc(F)cc2)cc1. The fourth-order valence-electron chi connectivity index (χ4n) is 1.88. The van der Waals surface area contributed by atoms with Gasteiger partial charge in [0, 0.05) is 0 Å². The average molecular weight is 274 g/mol. The van der Waals surface area contributed by atoms with E-state index in [1.807, 2.05) is 24.3 Å². The maximum absolute atomic E-state index is 12.8. The van der Waals surface area contributed by atoms with Gasteiger partial charge in [0.2, 0.25) is 0 Å². The summed E-state index contributed by atoms with van der Waals surface area (Å²) in [5.41, 5.74) is 2.12. The van der Waals surface area contributed by atoms with Crippen molar-refractivity contribution in [3.8, 4) is 5.75 Å². The number of halogens is 1. The smallest absolute Gasteiger partial charge is 0.123 e. The van der Waals surface area contributed by atoms with Gasteiger partial charge in [-0.05, 0) is 55.2 Å². The number of aliphatic hydroxyl groups excluding tert-OH is 1. The highest BCUT2D eigenvalue weighted by Crippen LogP contribution is 2.16. The molecule has 2 aromatic carbocycles. The van der Waals surface area contributed by atoms with Gasteiger partial charge < -0.3 is 9.84 Å². The first-order valence-electron chi connectivity index (χ1n) is 6.78. The van der Waals surface area contributed by atoms with Crippen molar-refractivity contribution in [2.45, 2.75) is 32.5 Å². The summed E-state index contributed by atoms with van der Waals surface area (Å²) in [5, 5.41) is 9.25. The van der Waals surface area contributed by atoms with Crippen LogP contribution in [0.4, 0.5) is 4.39 Å². The fraction of sp³-hybridized carbons (Fsp3) is 0.294. The Balaban J connectivity index is 1.85. The topological polar surface area (TPSA) is 29.5 Å². The summed E-state index contributed by atoms with van der Waals surface area (Å²) < 4.78 is 18.4. The van der Waals surface area contributed by atoms with Crippen LogP contribution >= 0.6 is 0 Å². The molecule has 0 aliphatic rings. The van der Waals surface area contributed by atoms with Crippen LogP contribution in [0.25, 0.3) is 0 Å². The van der Waals surface area contributed by atoms with Crippen molar-refractivity contribution in [2.75, 3.05) is 0 Å². The molecule has 2 rings (SSSR count). The number of rotatable bonds is 6. The lowest BCUT2D eigenvalue weighted by Crippen LogP contribution is -2.01. The minimum Gasteiger partial charge on any atom is -0.489 e. The van der Waals surface area contributed by atoms with Gasteiger partial charge in [0.15, 0.2) is 0 Å². The molecule has 0 bridgehead atoms. The molecule has 0 aromatic heterocycles. The summed E-state index contributed by atoms with van der Waals surface area (Å²) in [4.78, 5) is 0. The molecule has 0 heterocycles. The van der Waals surface area contributed by atoms with Gasteiger partial charge >= 0.3 is 0 Å². The van der Waals surface area contributed by atoms with Crippen molar-refractivity contribution in [2.24, 2.45) is 0 Å². The van der Waals surface area contributed by atoms with Crippen molar-refractivity contribution in [3.63, 3.8) is 0 Å². The van der Waals surface area contributed by atoms with Gasteiger partial charge in [-0.1, -0.05) is 24.3 Å². The van der Waals surface area contributed by atoms with Crippen LogP contribution in [0, 0.1) is 5.82 Å². The number of hydrogen-bond donors (Lipinski definition) is 1. The molecule has 0 aliphatic carbocycles. The van der Waals surface area contributed by atoms with Crippen LogP contribution in [0.3, 0.4) is 0 Å². The van der Waals surface area contributed by atoms with Crippen molar-refractivity contribution < 1.29 is 14.2 Å². The number of aryl methyl sites for hydroxylation is 1. The third-order valence-corrected chi connectivity index (χ3v) is 3.09. The van der Waals surface area contributed by atoms with Crippen molar-refractivity contribution in [1.29, 1.82) is 0 Å². The fourth-order valence-corrected chi connectivity index (χ4v) is 1.88. The normalized spacial score (nSPS) is 12.2. The number of benzene rings is 2. The lowest BCUT2D eigenvalue weighted by Gasteiger charge is -2.08. The van der Waals surface area contributed by atoms with Gasteiger partial charge in [-0.25, -0.2) is 4.39 Å². The van der Waals surface area contributed by atoms with Gasteiger partial charge in [0.05, 0.1) is 6.10 Å². The zero-order chi connectivity index (χ0) is 14.4. The van der Waals surface area contributed by atoms with Crippen LogP contribution < -0.4 is 4.74 Å². The Labute approximate surface area is 118 Å². The van der Waals surface area contributed by atoms with Crippen LogP contribution in [0.5, 0.6) is 5.75 Å². The van der Waals surface area contributed by atoms with E-state index >= 15 is 0 Å². The second-order valence-corrected chi connectivity index (χ2v) is 4.95. The van der Waals surface area contributed by atoms with Crippen LogP contribution in [0.2, 0.25) is 0 Å². The van der Waals surface area contributed by atoms with Gasteiger partial charge in [-0.3, -0.25) is 0 Å². The molecule has 1 N–H and O–H groups in total. The summed E-state index contributed by atoms with van der Waals surface area (Å²) in [6.07, 6.45) is 1.34. The zero-order valence-electron chi connectivity index (χ0n) is 11.6.